The molecule has 0 aliphatic carbocycles. The van der Waals surface area contributed by atoms with E-state index in [1.54, 1.807) is 38.1 Å². The zero-order valence-corrected chi connectivity index (χ0v) is 16.1. The second-order valence-electron chi connectivity index (χ2n) is 5.45. The molecule has 0 unspecified atom stereocenters. The number of hydrogen-bond acceptors (Lipinski definition) is 7. The average Bonchev–Trinajstić information content (AvgIpc) is 2.96. The Labute approximate surface area is 159 Å². The van der Waals surface area contributed by atoms with Crippen LogP contribution in [0.5, 0.6) is 0 Å². The lowest BCUT2D eigenvalue weighted by atomic mass is 10.1. The van der Waals surface area contributed by atoms with E-state index in [1.165, 1.54) is 17.7 Å². The van der Waals surface area contributed by atoms with Gasteiger partial charge in [-0.15, -0.1) is 11.3 Å². The maximum Gasteiger partial charge on any atom is 0.351 e. The Morgan fingerprint density at radius 2 is 1.96 bits per heavy atom. The summed E-state index contributed by atoms with van der Waals surface area (Å²) in [7, 11) is 0. The van der Waals surface area contributed by atoms with Gasteiger partial charge in [-0.05, 0) is 45.0 Å². The van der Waals surface area contributed by atoms with Gasteiger partial charge in [0.05, 0.1) is 6.61 Å². The highest BCUT2D eigenvalue weighted by Crippen LogP contribution is 2.09. The lowest BCUT2D eigenvalue weighted by Crippen LogP contribution is -2.32. The summed E-state index contributed by atoms with van der Waals surface area (Å²) in [6, 6.07) is 8.66. The Balaban J connectivity index is 2.50. The lowest BCUT2D eigenvalue weighted by molar-refractivity contribution is -0.136. The largest absolute Gasteiger partial charge is 0.462 e. The number of esters is 1. The van der Waals surface area contributed by atoms with Crippen LogP contribution in [0.15, 0.2) is 29.1 Å². The van der Waals surface area contributed by atoms with E-state index in [4.69, 9.17) is 4.74 Å². The molecule has 0 fully saturated rings. The van der Waals surface area contributed by atoms with Crippen LogP contribution in [0.1, 0.15) is 31.1 Å². The maximum absolute atomic E-state index is 12.6. The van der Waals surface area contributed by atoms with Gasteiger partial charge in [0.15, 0.2) is 11.4 Å². The Bertz CT molecular complexity index is 1070. The number of carbonyl (C=O) groups excluding carboxylic acids is 2. The van der Waals surface area contributed by atoms with Crippen molar-refractivity contribution in [2.75, 3.05) is 11.9 Å². The summed E-state index contributed by atoms with van der Waals surface area (Å²) in [6.45, 7) is 5.35. The van der Waals surface area contributed by atoms with Crippen LogP contribution in [-0.4, -0.2) is 22.9 Å². The predicted octanol–water partition coefficient (Wildman–Crippen LogP) is 1.22. The van der Waals surface area contributed by atoms with Gasteiger partial charge in [-0.2, -0.15) is 5.26 Å². The summed E-state index contributed by atoms with van der Waals surface area (Å²) in [5.41, 5.74) is 0.802. The zero-order valence-electron chi connectivity index (χ0n) is 15.2. The molecule has 0 atom stereocenters. The predicted molar refractivity (Wildman–Crippen MR) is 104 cm³/mol. The number of Topliss-reactive ketones (excluding diaryl/α,β-unsaturated/α-hetero) is 1. The summed E-state index contributed by atoms with van der Waals surface area (Å²) >= 11 is 1.04. The van der Waals surface area contributed by atoms with Crippen molar-refractivity contribution < 1.29 is 14.3 Å². The molecule has 1 N–H and O–H groups in total. The third kappa shape index (κ3) is 4.51. The third-order valence-corrected chi connectivity index (χ3v) is 4.82. The Morgan fingerprint density at radius 3 is 2.48 bits per heavy atom. The van der Waals surface area contributed by atoms with Crippen LogP contribution in [0, 0.1) is 11.3 Å². The molecule has 0 radical (unpaired) electrons. The van der Waals surface area contributed by atoms with E-state index >= 15 is 0 Å². The minimum atomic E-state index is -0.747. The van der Waals surface area contributed by atoms with Crippen molar-refractivity contribution in [1.82, 2.24) is 4.57 Å². The molecule has 0 spiro atoms. The molecule has 2 rings (SSSR count). The summed E-state index contributed by atoms with van der Waals surface area (Å²) in [5, 5.41) is 12.3. The minimum absolute atomic E-state index is 0.0298. The maximum atomic E-state index is 12.6. The van der Waals surface area contributed by atoms with E-state index in [0.717, 1.165) is 11.3 Å². The lowest BCUT2D eigenvalue weighted by Gasteiger charge is -2.00. The van der Waals surface area contributed by atoms with Crippen LogP contribution in [0.3, 0.4) is 0 Å². The number of benzene rings is 1. The number of rotatable bonds is 6. The Kier molecular flexibility index (Phi) is 6.68. The Hall–Kier alpha value is -3.18. The van der Waals surface area contributed by atoms with Gasteiger partial charge in [-0.25, -0.2) is 4.79 Å². The molecule has 1 aromatic carbocycles. The minimum Gasteiger partial charge on any atom is -0.462 e. The van der Waals surface area contributed by atoms with E-state index in [1.807, 2.05) is 6.07 Å². The van der Waals surface area contributed by atoms with Gasteiger partial charge in [0.1, 0.15) is 15.3 Å². The zero-order chi connectivity index (χ0) is 20.0. The van der Waals surface area contributed by atoms with Gasteiger partial charge in [0, 0.05) is 24.0 Å². The van der Waals surface area contributed by atoms with Crippen molar-refractivity contribution >= 4 is 40.5 Å². The van der Waals surface area contributed by atoms with E-state index < -0.39 is 5.97 Å². The number of nitrogens with zero attached hydrogens (tertiary/aromatic N) is 2. The highest BCUT2D eigenvalue weighted by Gasteiger charge is 2.16. The summed E-state index contributed by atoms with van der Waals surface area (Å²) < 4.78 is 6.88. The number of ether oxygens (including phenoxy) is 1. The molecular weight excluding hydrogens is 366 g/mol. The van der Waals surface area contributed by atoms with E-state index in [2.05, 4.69) is 5.32 Å². The second kappa shape index (κ2) is 8.96. The topological polar surface area (TPSA) is 101 Å². The van der Waals surface area contributed by atoms with Crippen LogP contribution in [0.25, 0.3) is 11.8 Å². The summed E-state index contributed by atoms with van der Waals surface area (Å²) in [4.78, 5) is 35.9. The number of hydrogen-bond donors (Lipinski definition) is 1. The Morgan fingerprint density at radius 1 is 1.30 bits per heavy atom. The van der Waals surface area contributed by atoms with Crippen molar-refractivity contribution in [3.05, 3.63) is 49.4 Å². The van der Waals surface area contributed by atoms with Crippen LogP contribution < -0.4 is 20.1 Å². The third-order valence-electron chi connectivity index (χ3n) is 3.69. The first-order valence-electron chi connectivity index (χ1n) is 8.31. The molecule has 140 valence electrons. The van der Waals surface area contributed by atoms with Crippen molar-refractivity contribution in [1.29, 1.82) is 5.26 Å². The number of carbonyl (C=O) groups is 2. The highest BCUT2D eigenvalue weighted by molar-refractivity contribution is 7.07. The average molecular weight is 385 g/mol. The molecule has 7 nitrogen and oxygen atoms in total. The highest BCUT2D eigenvalue weighted by atomic mass is 32.1. The van der Waals surface area contributed by atoms with Gasteiger partial charge in [-0.1, -0.05) is 0 Å². The number of nitriles is 1. The molecule has 0 bridgehead atoms. The first-order valence-corrected chi connectivity index (χ1v) is 9.13. The molecule has 8 heteroatoms. The molecule has 0 aliphatic heterocycles. The number of nitrogens with one attached hydrogen (secondary N) is 1. The number of thiazole rings is 1. The van der Waals surface area contributed by atoms with E-state index in [0.29, 0.717) is 22.3 Å². The van der Waals surface area contributed by atoms with Gasteiger partial charge >= 0.3 is 5.97 Å². The van der Waals surface area contributed by atoms with Crippen molar-refractivity contribution in [2.24, 2.45) is 0 Å². The van der Waals surface area contributed by atoms with Crippen LogP contribution in [-0.2, 0) is 16.1 Å². The number of ketones is 1. The molecule has 0 saturated heterocycles. The van der Waals surface area contributed by atoms with Gasteiger partial charge in [0.25, 0.3) is 5.56 Å². The van der Waals surface area contributed by atoms with E-state index in [9.17, 15) is 19.6 Å². The molecule has 2 aromatic rings. The fourth-order valence-corrected chi connectivity index (χ4v) is 3.40. The van der Waals surface area contributed by atoms with Crippen LogP contribution in [0.2, 0.25) is 0 Å². The smallest absolute Gasteiger partial charge is 0.351 e. The van der Waals surface area contributed by atoms with Gasteiger partial charge < -0.3 is 10.1 Å². The molecule has 0 saturated carbocycles. The fourth-order valence-electron chi connectivity index (χ4n) is 2.33. The quantitative estimate of drug-likeness (QED) is 0.593. The molecule has 1 aromatic heterocycles. The summed E-state index contributed by atoms with van der Waals surface area (Å²) in [6.07, 6.45) is 1.52. The standard InChI is InChI=1S/C19H19N3O4S/c1-4-22-17(24)16(27-18(22)15(10-20)19(25)26-5-2)11-21-14-8-6-13(7-9-14)12(3)23/h6-9,11,21H,4-5H2,1-3H3/b16-11+,18-15-. The second-order valence-corrected chi connectivity index (χ2v) is 6.48. The molecule has 0 amide bonds. The van der Waals surface area contributed by atoms with Crippen molar-refractivity contribution in [3.63, 3.8) is 0 Å². The van der Waals surface area contributed by atoms with Crippen molar-refractivity contribution in [2.45, 2.75) is 27.3 Å². The first kappa shape index (κ1) is 20.1. The van der Waals surface area contributed by atoms with Gasteiger partial charge in [0.2, 0.25) is 0 Å². The SMILES string of the molecule is CCOC(=O)/C(C#N)=c1\s/c(=C/Nc2ccc(C(C)=O)cc2)c(=O)n1CC. The van der Waals surface area contributed by atoms with Crippen molar-refractivity contribution in [3.8, 4) is 6.07 Å². The monoisotopic (exact) mass is 385 g/mol. The molecule has 1 heterocycles. The normalized spacial score (nSPS) is 12.3. The fraction of sp³-hybridized carbons (Fsp3) is 0.263. The van der Waals surface area contributed by atoms with Crippen LogP contribution in [0.4, 0.5) is 5.69 Å². The first-order chi connectivity index (χ1) is 12.9. The van der Waals surface area contributed by atoms with Crippen LogP contribution >= 0.6 is 11.3 Å². The molecule has 0 aliphatic rings. The number of aromatic nitrogens is 1. The number of anilines is 1. The van der Waals surface area contributed by atoms with Gasteiger partial charge in [-0.3, -0.25) is 14.2 Å². The van der Waals surface area contributed by atoms with E-state index in [-0.39, 0.29) is 28.2 Å². The summed E-state index contributed by atoms with van der Waals surface area (Å²) in [5.74, 6) is -0.777. The molecular formula is C19H19N3O4S. The molecule has 27 heavy (non-hydrogen) atoms.